The lowest BCUT2D eigenvalue weighted by atomic mass is 9.78. The van der Waals surface area contributed by atoms with Gasteiger partial charge in [0.25, 0.3) is 0 Å². The summed E-state index contributed by atoms with van der Waals surface area (Å²) in [4.78, 5) is 7.06. The maximum atomic E-state index is 14.5. The molecule has 3 nitrogen and oxygen atoms in total. The third kappa shape index (κ3) is 6.46. The lowest BCUT2D eigenvalue weighted by Crippen LogP contribution is -2.36. The number of oxime groups is 1. The van der Waals surface area contributed by atoms with E-state index in [1.807, 2.05) is 6.92 Å². The van der Waals surface area contributed by atoms with E-state index in [9.17, 15) is 13.2 Å². The number of aryl methyl sites for hydroxylation is 1. The van der Waals surface area contributed by atoms with E-state index in [4.69, 9.17) is 21.3 Å². The molecule has 2 aliphatic rings. The maximum absolute atomic E-state index is 14.5. The van der Waals surface area contributed by atoms with Crippen LogP contribution in [0, 0.1) is 5.89 Å². The summed E-state index contributed by atoms with van der Waals surface area (Å²) < 4.78 is 145. The Morgan fingerprint density at radius 2 is 1.89 bits per heavy atom. The molecule has 0 spiro atoms. The van der Waals surface area contributed by atoms with Crippen LogP contribution in [-0.4, -0.2) is 23.7 Å². The Morgan fingerprint density at radius 1 is 1.14 bits per heavy atom. The fourth-order valence-electron chi connectivity index (χ4n) is 3.72. The van der Waals surface area contributed by atoms with E-state index in [1.54, 1.807) is 30.0 Å². The number of alkyl halides is 3. The largest absolute Gasteiger partial charge is 0.416 e. The highest BCUT2D eigenvalue weighted by Crippen LogP contribution is 2.42. The molecule has 0 atom stereocenters. The first kappa shape index (κ1) is 14.4. The summed E-state index contributed by atoms with van der Waals surface area (Å²) in [5.74, 6) is -6.92. The van der Waals surface area contributed by atoms with Crippen LogP contribution in [0.1, 0.15) is 108 Å². The summed E-state index contributed by atoms with van der Waals surface area (Å²) in [6, 6.07) is 7.25. The molecule has 0 amide bonds. The molecule has 2 fully saturated rings. The fourth-order valence-corrected chi connectivity index (χ4v) is 3.72. The molecule has 1 aliphatic heterocycles. The average Bonchev–Trinajstić information content (AvgIpc) is 2.93. The first-order valence-electron chi connectivity index (χ1n) is 17.5. The predicted octanol–water partition coefficient (Wildman–Crippen LogP) is 7.71. The van der Waals surface area contributed by atoms with Gasteiger partial charge in [0.1, 0.15) is 6.61 Å². The lowest BCUT2D eigenvalue weighted by molar-refractivity contribution is -0.138. The van der Waals surface area contributed by atoms with Crippen molar-refractivity contribution < 1.29 is 34.5 Å². The Balaban J connectivity index is 1.68. The highest BCUT2D eigenvalue weighted by molar-refractivity contribution is 5.98. The van der Waals surface area contributed by atoms with E-state index in [1.165, 1.54) is 0 Å². The quantitative estimate of drug-likeness (QED) is 0.275. The molecule has 2 aromatic carbocycles. The Kier molecular flexibility index (Phi) is 4.59. The standard InChI is InChI=1S/C29H37F3N2O/c1-4-23-17-25(11-12-26(23)18-34-14-5-15-34)21(3)33-35-19-22-8-13-27(28(16-22)29(30,31)32)24-9-6-20(2)7-10-24/h8,11-13,16-17,20,24H,4-7,9-10,14-15,18-19H2,1-3H3/b33-21+/i6D2,7D2,9D2,10D2,18D2,20D,24D. The van der Waals surface area contributed by atoms with E-state index >= 15 is 0 Å². The molecule has 6 heteroatoms. The molecule has 0 unspecified atom stereocenters. The molecule has 1 saturated heterocycles. The van der Waals surface area contributed by atoms with Crippen LogP contribution in [-0.2, 0) is 30.5 Å². The molecule has 35 heavy (non-hydrogen) atoms. The Bertz CT molecular complexity index is 1530. The number of benzene rings is 2. The van der Waals surface area contributed by atoms with Crippen LogP contribution in [0.4, 0.5) is 13.2 Å². The maximum Gasteiger partial charge on any atom is 0.416 e. The van der Waals surface area contributed by atoms with Crippen molar-refractivity contribution in [1.82, 2.24) is 4.90 Å². The van der Waals surface area contributed by atoms with Crippen molar-refractivity contribution in [3.05, 3.63) is 69.8 Å². The zero-order valence-electron chi connectivity index (χ0n) is 31.9. The number of nitrogens with zero attached hydrogens (tertiary/aromatic N) is 2. The average molecular weight is 499 g/mol. The molecule has 0 radical (unpaired) electrons. The molecule has 0 N–H and O–H groups in total. The fraction of sp³-hybridized carbons (Fsp3) is 0.552. The van der Waals surface area contributed by atoms with Crippen LogP contribution in [0.3, 0.4) is 0 Å². The zero-order valence-corrected chi connectivity index (χ0v) is 19.9. The third-order valence-corrected chi connectivity index (χ3v) is 5.88. The summed E-state index contributed by atoms with van der Waals surface area (Å²) in [5.41, 5.74) is -0.921. The second-order valence-corrected chi connectivity index (χ2v) is 8.51. The first-order valence-corrected chi connectivity index (χ1v) is 11.5. The van der Waals surface area contributed by atoms with E-state index in [0.29, 0.717) is 55.4 Å². The topological polar surface area (TPSA) is 24.8 Å². The van der Waals surface area contributed by atoms with Crippen molar-refractivity contribution in [3.63, 3.8) is 0 Å². The molecule has 1 saturated carbocycles. The highest BCUT2D eigenvalue weighted by atomic mass is 19.4. The van der Waals surface area contributed by atoms with Gasteiger partial charge in [0.2, 0.25) is 0 Å². The van der Waals surface area contributed by atoms with E-state index in [2.05, 4.69) is 5.16 Å². The molecular weight excluding hydrogens is 449 g/mol. The SMILES string of the molecule is [2H]C([2H])(c1ccc(/C(C)=N/OCc2ccc(C3([2H])C([2H])([2H])C([2H])([2H])C([2H])(C)C([2H])([2H])C3([2H])[2H])c(C(F)(F)F)c2)cc1CC)N1CCC1. The zero-order chi connectivity index (χ0) is 35.8. The van der Waals surface area contributed by atoms with Crippen LogP contribution < -0.4 is 0 Å². The van der Waals surface area contributed by atoms with Crippen molar-refractivity contribution in [3.8, 4) is 0 Å². The van der Waals surface area contributed by atoms with Crippen molar-refractivity contribution in [2.45, 2.75) is 84.3 Å². The first-order chi connectivity index (χ1) is 21.2. The molecule has 0 bridgehead atoms. The van der Waals surface area contributed by atoms with E-state index in [-0.39, 0.29) is 5.56 Å². The van der Waals surface area contributed by atoms with Crippen molar-refractivity contribution >= 4 is 5.71 Å². The van der Waals surface area contributed by atoms with Gasteiger partial charge in [-0.3, -0.25) is 4.90 Å². The van der Waals surface area contributed by atoms with Crippen molar-refractivity contribution in [1.29, 1.82) is 0 Å². The molecule has 4 rings (SSSR count). The number of hydrogen-bond donors (Lipinski definition) is 0. The number of halogens is 3. The Labute approximate surface area is 224 Å². The highest BCUT2D eigenvalue weighted by Gasteiger charge is 2.36. The number of likely N-dealkylation sites (tertiary alicyclic amines) is 1. The lowest BCUT2D eigenvalue weighted by Gasteiger charge is -2.31. The third-order valence-electron chi connectivity index (χ3n) is 5.88. The van der Waals surface area contributed by atoms with Gasteiger partial charge in [-0.15, -0.1) is 0 Å². The monoisotopic (exact) mass is 498 g/mol. The summed E-state index contributed by atoms with van der Waals surface area (Å²) >= 11 is 0. The Morgan fingerprint density at radius 3 is 2.51 bits per heavy atom. The minimum absolute atomic E-state index is 0.151. The van der Waals surface area contributed by atoms with Gasteiger partial charge in [0, 0.05) is 22.9 Å². The molecule has 2 aromatic rings. The second-order valence-electron chi connectivity index (χ2n) is 8.51. The van der Waals surface area contributed by atoms with Gasteiger partial charge >= 0.3 is 6.18 Å². The molecule has 1 aliphatic carbocycles. The van der Waals surface area contributed by atoms with Crippen LogP contribution in [0.25, 0.3) is 0 Å². The second kappa shape index (κ2) is 11.2. The van der Waals surface area contributed by atoms with Crippen molar-refractivity contribution in [2.75, 3.05) is 13.1 Å². The number of rotatable bonds is 8. The van der Waals surface area contributed by atoms with Crippen LogP contribution in [0.2, 0.25) is 0 Å². The van der Waals surface area contributed by atoms with Gasteiger partial charge in [-0.25, -0.2) is 0 Å². The normalized spacial score (nSPS) is 37.0. The molecule has 1 heterocycles. The minimum Gasteiger partial charge on any atom is -0.391 e. The summed E-state index contributed by atoms with van der Waals surface area (Å²) in [7, 11) is 0. The van der Waals surface area contributed by atoms with Crippen LogP contribution in [0.5, 0.6) is 0 Å². The smallest absolute Gasteiger partial charge is 0.391 e. The predicted molar refractivity (Wildman–Crippen MR) is 135 cm³/mol. The molecule has 190 valence electrons. The van der Waals surface area contributed by atoms with Gasteiger partial charge in [-0.05, 0) is 97.3 Å². The van der Waals surface area contributed by atoms with Gasteiger partial charge in [0.15, 0.2) is 0 Å². The Hall–Kier alpha value is -2.34. The summed E-state index contributed by atoms with van der Waals surface area (Å²) in [5, 5.41) is 3.99. The van der Waals surface area contributed by atoms with Gasteiger partial charge in [-0.2, -0.15) is 13.2 Å². The minimum atomic E-state index is -5.30. The van der Waals surface area contributed by atoms with E-state index < -0.39 is 67.7 Å². The summed E-state index contributed by atoms with van der Waals surface area (Å²) in [6.07, 6.45) is -18.7. The molecular formula is C29H37F3N2O. The molecule has 0 aromatic heterocycles. The van der Waals surface area contributed by atoms with Crippen LogP contribution >= 0.6 is 0 Å². The van der Waals surface area contributed by atoms with Gasteiger partial charge in [-0.1, -0.05) is 56.0 Å². The van der Waals surface area contributed by atoms with E-state index in [0.717, 1.165) is 18.1 Å². The van der Waals surface area contributed by atoms with Crippen molar-refractivity contribution in [2.24, 2.45) is 11.0 Å². The van der Waals surface area contributed by atoms with Gasteiger partial charge in [0.05, 0.1) is 11.3 Å². The van der Waals surface area contributed by atoms with Gasteiger partial charge < -0.3 is 4.84 Å². The number of hydrogen-bond acceptors (Lipinski definition) is 3. The van der Waals surface area contributed by atoms with Crippen LogP contribution in [0.15, 0.2) is 41.6 Å². The summed E-state index contributed by atoms with van der Waals surface area (Å²) in [6.45, 7) is 3.24.